The Morgan fingerprint density at radius 3 is 2.43 bits per heavy atom. The van der Waals surface area contributed by atoms with Crippen LogP contribution >= 0.6 is 0 Å². The molecule has 0 spiro atoms. The van der Waals surface area contributed by atoms with Gasteiger partial charge >= 0.3 is 5.91 Å². The summed E-state index contributed by atoms with van der Waals surface area (Å²) in [7, 11) is 1.95. The summed E-state index contributed by atoms with van der Waals surface area (Å²) < 4.78 is 15.2. The molecule has 7 nitrogen and oxygen atoms in total. The lowest BCUT2D eigenvalue weighted by molar-refractivity contribution is -0.601. The number of hydrogen-bond acceptors (Lipinski definition) is 4. The SMILES string of the molecule is CCN(CCNC1=C([NH2+]CCc2ccccn2)C(=O)[N+](C)(c2ccccc2)CC=C1)C(=O)C(C)c1ccc(-c2ccccc2)c(F)c1. The standard InChI is InChI=1S/C39H42FN5O2/c1-4-44(38(46)29(2)31-20-21-34(35(40)28-31)30-14-7-5-8-15-30)26-25-42-36-19-13-27-45(3,33-17-9-6-10-18-33)39(47)37(36)43-24-22-32-16-11-12-23-41-32/h5-21,23,28-29,43H,4,22,24-27H2,1-3H3/p+2. The molecule has 242 valence electrons. The molecule has 0 saturated heterocycles. The zero-order valence-electron chi connectivity index (χ0n) is 27.4. The maximum atomic E-state index is 15.1. The number of nitrogens with one attached hydrogen (secondary N) is 1. The fourth-order valence-electron chi connectivity index (χ4n) is 6.00. The van der Waals surface area contributed by atoms with Gasteiger partial charge in [-0.3, -0.25) is 9.78 Å². The Hall–Kier alpha value is -4.92. The Labute approximate surface area is 277 Å². The van der Waals surface area contributed by atoms with Crippen molar-refractivity contribution in [1.29, 1.82) is 0 Å². The van der Waals surface area contributed by atoms with E-state index in [0.717, 1.165) is 22.6 Å². The van der Waals surface area contributed by atoms with Gasteiger partial charge in [-0.05, 0) is 67.5 Å². The Kier molecular flexibility index (Phi) is 11.1. The zero-order valence-corrected chi connectivity index (χ0v) is 27.4. The van der Waals surface area contributed by atoms with Crippen molar-refractivity contribution in [3.8, 4) is 11.1 Å². The molecule has 2 amide bonds. The molecule has 0 aliphatic carbocycles. The van der Waals surface area contributed by atoms with Crippen molar-refractivity contribution in [3.63, 3.8) is 0 Å². The number of pyridine rings is 1. The summed E-state index contributed by atoms with van der Waals surface area (Å²) >= 11 is 0. The lowest BCUT2D eigenvalue weighted by Gasteiger charge is -2.29. The number of likely N-dealkylation sites (N-methyl/N-ethyl adjacent to an activating group) is 2. The fraction of sp³-hybridized carbons (Fsp3) is 0.256. The molecule has 1 aliphatic heterocycles. The Morgan fingerprint density at radius 1 is 1.02 bits per heavy atom. The van der Waals surface area contributed by atoms with Crippen LogP contribution in [0.5, 0.6) is 0 Å². The smallest absolute Gasteiger partial charge is 0.378 e. The second kappa shape index (κ2) is 15.6. The number of para-hydroxylation sites is 1. The fourth-order valence-corrected chi connectivity index (χ4v) is 6.00. The van der Waals surface area contributed by atoms with Crippen LogP contribution in [0.3, 0.4) is 0 Å². The number of allylic oxidation sites excluding steroid dienone is 1. The molecule has 2 atom stereocenters. The molecule has 0 bridgehead atoms. The van der Waals surface area contributed by atoms with Gasteiger partial charge in [-0.15, -0.1) is 0 Å². The molecule has 0 saturated carbocycles. The topological polar surface area (TPSA) is 78.9 Å². The van der Waals surface area contributed by atoms with Crippen molar-refractivity contribution < 1.29 is 19.3 Å². The first-order chi connectivity index (χ1) is 22.8. The summed E-state index contributed by atoms with van der Waals surface area (Å²) in [6.07, 6.45) is 6.51. The van der Waals surface area contributed by atoms with Crippen LogP contribution in [0.1, 0.15) is 31.0 Å². The second-order valence-electron chi connectivity index (χ2n) is 12.0. The van der Waals surface area contributed by atoms with Gasteiger partial charge in [0.1, 0.15) is 23.7 Å². The van der Waals surface area contributed by atoms with Crippen LogP contribution in [0.2, 0.25) is 0 Å². The molecule has 1 aromatic heterocycles. The van der Waals surface area contributed by atoms with Crippen molar-refractivity contribution in [2.45, 2.75) is 26.2 Å². The Morgan fingerprint density at radius 2 is 1.74 bits per heavy atom. The molecule has 0 fully saturated rings. The largest absolute Gasteiger partial charge is 0.406 e. The number of benzene rings is 3. The number of halogens is 1. The normalized spacial score (nSPS) is 16.9. The molecule has 47 heavy (non-hydrogen) atoms. The molecule has 8 heteroatoms. The average Bonchev–Trinajstić information content (AvgIpc) is 3.23. The van der Waals surface area contributed by atoms with Gasteiger partial charge in [0, 0.05) is 43.5 Å². The van der Waals surface area contributed by atoms with Crippen LogP contribution in [0.15, 0.2) is 127 Å². The molecule has 2 unspecified atom stereocenters. The number of aromatic nitrogens is 1. The molecule has 0 radical (unpaired) electrons. The highest BCUT2D eigenvalue weighted by atomic mass is 19.1. The second-order valence-corrected chi connectivity index (χ2v) is 12.0. The molecular weight excluding hydrogens is 589 g/mol. The summed E-state index contributed by atoms with van der Waals surface area (Å²) in [5, 5.41) is 5.48. The molecule has 2 heterocycles. The number of carbonyl (C=O) groups excluding carboxylic acids is 2. The average molecular weight is 634 g/mol. The van der Waals surface area contributed by atoms with Crippen LogP contribution in [-0.4, -0.2) is 61.5 Å². The van der Waals surface area contributed by atoms with Crippen LogP contribution in [0, 0.1) is 5.82 Å². The zero-order chi connectivity index (χ0) is 33.2. The molecule has 3 aromatic carbocycles. The van der Waals surface area contributed by atoms with Crippen molar-refractivity contribution in [2.24, 2.45) is 0 Å². The van der Waals surface area contributed by atoms with Gasteiger partial charge in [0.05, 0.1) is 19.5 Å². The lowest BCUT2D eigenvalue weighted by Crippen LogP contribution is -2.86. The van der Waals surface area contributed by atoms with Gasteiger partial charge in [-0.1, -0.05) is 66.7 Å². The van der Waals surface area contributed by atoms with Gasteiger partial charge in [0.15, 0.2) is 0 Å². The van der Waals surface area contributed by atoms with Crippen molar-refractivity contribution in [1.82, 2.24) is 19.7 Å². The number of quaternary nitrogens is 2. The first kappa shape index (κ1) is 33.4. The number of rotatable bonds is 13. The maximum Gasteiger partial charge on any atom is 0.406 e. The number of nitrogens with two attached hydrogens (primary N) is 1. The number of carbonyl (C=O) groups is 2. The Balaban J connectivity index is 1.30. The van der Waals surface area contributed by atoms with Gasteiger partial charge in [-0.2, -0.15) is 0 Å². The summed E-state index contributed by atoms with van der Waals surface area (Å²) in [6.45, 7) is 6.33. The van der Waals surface area contributed by atoms with E-state index in [9.17, 15) is 9.59 Å². The molecule has 4 aromatic rings. The highest BCUT2D eigenvalue weighted by molar-refractivity contribution is 6.00. The van der Waals surface area contributed by atoms with E-state index < -0.39 is 5.92 Å². The van der Waals surface area contributed by atoms with Crippen LogP contribution in [0.25, 0.3) is 11.1 Å². The first-order valence-electron chi connectivity index (χ1n) is 16.3. The summed E-state index contributed by atoms with van der Waals surface area (Å²) in [4.78, 5) is 34.1. The third-order valence-corrected chi connectivity index (χ3v) is 8.86. The van der Waals surface area contributed by atoms with E-state index >= 15 is 4.39 Å². The van der Waals surface area contributed by atoms with Crippen molar-refractivity contribution in [2.75, 3.05) is 39.8 Å². The number of nitrogens with zero attached hydrogens (tertiary/aromatic N) is 3. The van der Waals surface area contributed by atoms with E-state index in [1.165, 1.54) is 6.07 Å². The molecule has 5 rings (SSSR count). The predicted molar refractivity (Wildman–Crippen MR) is 185 cm³/mol. The van der Waals surface area contributed by atoms with Gasteiger partial charge in [0.25, 0.3) is 5.70 Å². The van der Waals surface area contributed by atoms with E-state index in [0.29, 0.717) is 56.0 Å². The van der Waals surface area contributed by atoms with Gasteiger partial charge in [-0.25, -0.2) is 13.7 Å². The van der Waals surface area contributed by atoms with Crippen LogP contribution in [0.4, 0.5) is 10.1 Å². The van der Waals surface area contributed by atoms with Crippen LogP contribution in [-0.2, 0) is 16.0 Å². The summed E-state index contributed by atoms with van der Waals surface area (Å²) in [5.74, 6) is -0.921. The quantitative estimate of drug-likeness (QED) is 0.199. The maximum absolute atomic E-state index is 15.1. The first-order valence-corrected chi connectivity index (χ1v) is 16.3. The molecular formula is C39H44FN5O2+2. The Bertz CT molecular complexity index is 1730. The highest BCUT2D eigenvalue weighted by Crippen LogP contribution is 2.28. The predicted octanol–water partition coefficient (Wildman–Crippen LogP) is 5.18. The van der Waals surface area contributed by atoms with Gasteiger partial charge in [0.2, 0.25) is 5.91 Å². The molecule has 3 N–H and O–H groups in total. The van der Waals surface area contributed by atoms with E-state index in [1.807, 2.05) is 123 Å². The summed E-state index contributed by atoms with van der Waals surface area (Å²) in [5.41, 5.74) is 5.21. The minimum atomic E-state index is -0.507. The lowest BCUT2D eigenvalue weighted by atomic mass is 9.96. The van der Waals surface area contributed by atoms with E-state index in [-0.39, 0.29) is 22.1 Å². The number of amides is 2. The number of hydrogen-bond donors (Lipinski definition) is 2. The minimum Gasteiger partial charge on any atom is -0.378 e. The highest BCUT2D eigenvalue weighted by Gasteiger charge is 2.41. The monoisotopic (exact) mass is 633 g/mol. The van der Waals surface area contributed by atoms with E-state index in [4.69, 9.17) is 0 Å². The van der Waals surface area contributed by atoms with Crippen molar-refractivity contribution in [3.05, 3.63) is 144 Å². The van der Waals surface area contributed by atoms with Crippen molar-refractivity contribution >= 4 is 17.5 Å². The van der Waals surface area contributed by atoms with E-state index in [1.54, 1.807) is 17.2 Å². The van der Waals surface area contributed by atoms with Gasteiger partial charge < -0.3 is 15.5 Å². The van der Waals surface area contributed by atoms with Crippen LogP contribution < -0.4 is 15.1 Å². The van der Waals surface area contributed by atoms with E-state index in [2.05, 4.69) is 10.3 Å². The summed E-state index contributed by atoms with van der Waals surface area (Å²) in [6, 6.07) is 30.1. The third-order valence-electron chi connectivity index (χ3n) is 8.86. The third kappa shape index (κ3) is 7.91. The minimum absolute atomic E-state index is 0.00254. The molecule has 1 aliphatic rings.